The molecule has 0 heterocycles. The Morgan fingerprint density at radius 3 is 2.63 bits per heavy atom. The summed E-state index contributed by atoms with van der Waals surface area (Å²) in [5.41, 5.74) is 2.97. The number of aliphatic hydroxyl groups excluding tert-OH is 1. The molecule has 1 aromatic rings. The molecular formula is C15H22N2O2. The van der Waals surface area contributed by atoms with E-state index in [4.69, 9.17) is 0 Å². The van der Waals surface area contributed by atoms with E-state index in [9.17, 15) is 9.90 Å². The van der Waals surface area contributed by atoms with E-state index in [-0.39, 0.29) is 11.8 Å². The predicted octanol–water partition coefficient (Wildman–Crippen LogP) is 2.16. The third-order valence-electron chi connectivity index (χ3n) is 3.80. The second-order valence-corrected chi connectivity index (χ2v) is 5.49. The Bertz CT molecular complexity index is 471. The quantitative estimate of drug-likeness (QED) is 0.877. The number of aryl methyl sites for hydroxylation is 1. The molecule has 1 amide bonds. The maximum absolute atomic E-state index is 12.1. The number of hydrogen-bond donors (Lipinski definition) is 2. The van der Waals surface area contributed by atoms with Gasteiger partial charge in [-0.25, -0.2) is 0 Å². The van der Waals surface area contributed by atoms with Crippen molar-refractivity contribution in [2.75, 3.05) is 24.3 Å². The van der Waals surface area contributed by atoms with Gasteiger partial charge in [0.15, 0.2) is 0 Å². The normalized spacial score (nSPS) is 22.3. The Hall–Kier alpha value is -1.55. The summed E-state index contributed by atoms with van der Waals surface area (Å²) < 4.78 is 0. The Morgan fingerprint density at radius 1 is 1.37 bits per heavy atom. The summed E-state index contributed by atoms with van der Waals surface area (Å²) in [5, 5.41) is 12.7. The van der Waals surface area contributed by atoms with Crippen molar-refractivity contribution in [3.63, 3.8) is 0 Å². The molecule has 4 heteroatoms. The minimum Gasteiger partial charge on any atom is -0.392 e. The molecule has 1 aromatic carbocycles. The molecule has 1 saturated carbocycles. The molecule has 0 saturated heterocycles. The van der Waals surface area contributed by atoms with Gasteiger partial charge in [0.25, 0.3) is 0 Å². The molecule has 0 aromatic heterocycles. The topological polar surface area (TPSA) is 52.6 Å². The van der Waals surface area contributed by atoms with E-state index in [0.29, 0.717) is 0 Å². The average molecular weight is 262 g/mol. The third kappa shape index (κ3) is 3.07. The van der Waals surface area contributed by atoms with Crippen molar-refractivity contribution >= 4 is 17.3 Å². The first-order valence-electron chi connectivity index (χ1n) is 6.76. The summed E-state index contributed by atoms with van der Waals surface area (Å²) in [6.07, 6.45) is 1.96. The van der Waals surface area contributed by atoms with Crippen LogP contribution in [0.2, 0.25) is 0 Å². The first-order valence-corrected chi connectivity index (χ1v) is 6.76. The third-order valence-corrected chi connectivity index (χ3v) is 3.80. The molecule has 0 spiro atoms. The smallest absolute Gasteiger partial charge is 0.230 e. The van der Waals surface area contributed by atoms with Crippen LogP contribution in [0.1, 0.15) is 24.8 Å². The molecule has 2 rings (SSSR count). The highest BCUT2D eigenvalue weighted by molar-refractivity contribution is 5.94. The molecule has 2 unspecified atom stereocenters. The zero-order valence-corrected chi connectivity index (χ0v) is 11.8. The molecule has 0 radical (unpaired) electrons. The van der Waals surface area contributed by atoms with Crippen molar-refractivity contribution < 1.29 is 9.90 Å². The number of benzene rings is 1. The van der Waals surface area contributed by atoms with Crippen LogP contribution in [0.5, 0.6) is 0 Å². The molecule has 104 valence electrons. The van der Waals surface area contributed by atoms with Crippen LogP contribution in [0.4, 0.5) is 11.4 Å². The number of nitrogens with zero attached hydrogens (tertiary/aromatic N) is 1. The summed E-state index contributed by atoms with van der Waals surface area (Å²) in [6.45, 7) is 1.98. The van der Waals surface area contributed by atoms with Crippen LogP contribution >= 0.6 is 0 Å². The number of hydrogen-bond acceptors (Lipinski definition) is 3. The summed E-state index contributed by atoms with van der Waals surface area (Å²) in [6, 6.07) is 5.94. The van der Waals surface area contributed by atoms with E-state index in [1.807, 2.05) is 44.1 Å². The first-order chi connectivity index (χ1) is 8.99. The summed E-state index contributed by atoms with van der Waals surface area (Å²) >= 11 is 0. The molecular weight excluding hydrogens is 240 g/mol. The van der Waals surface area contributed by atoms with Crippen LogP contribution in [-0.4, -0.2) is 31.2 Å². The summed E-state index contributed by atoms with van der Waals surface area (Å²) in [5.74, 6) is -0.321. The number of anilines is 2. The predicted molar refractivity (Wildman–Crippen MR) is 77.5 cm³/mol. The zero-order chi connectivity index (χ0) is 14.0. The van der Waals surface area contributed by atoms with E-state index in [0.717, 1.165) is 36.2 Å². The Balaban J connectivity index is 2.09. The van der Waals surface area contributed by atoms with E-state index in [2.05, 4.69) is 5.32 Å². The van der Waals surface area contributed by atoms with Crippen LogP contribution in [0.25, 0.3) is 0 Å². The second-order valence-electron chi connectivity index (χ2n) is 5.49. The molecule has 1 aliphatic rings. The van der Waals surface area contributed by atoms with Crippen molar-refractivity contribution in [2.24, 2.45) is 5.92 Å². The maximum Gasteiger partial charge on any atom is 0.230 e. The lowest BCUT2D eigenvalue weighted by Gasteiger charge is -2.18. The average Bonchev–Trinajstić information content (AvgIpc) is 2.77. The molecule has 4 nitrogen and oxygen atoms in total. The molecule has 0 aliphatic heterocycles. The zero-order valence-electron chi connectivity index (χ0n) is 11.8. The van der Waals surface area contributed by atoms with Gasteiger partial charge in [-0.2, -0.15) is 0 Å². The highest BCUT2D eigenvalue weighted by Gasteiger charge is 2.31. The lowest BCUT2D eigenvalue weighted by molar-refractivity contribution is -0.122. The standard InChI is InChI=1S/C15H22N2O2/c1-10-9-11(17(2)3)7-8-13(10)16-15(19)12-5-4-6-14(12)18/h7-9,12,14,18H,4-6H2,1-3H3,(H,16,19). The van der Waals surface area contributed by atoms with E-state index in [1.54, 1.807) is 0 Å². The fourth-order valence-electron chi connectivity index (χ4n) is 2.54. The summed E-state index contributed by atoms with van der Waals surface area (Å²) in [4.78, 5) is 14.1. The van der Waals surface area contributed by atoms with Crippen LogP contribution in [-0.2, 0) is 4.79 Å². The minimum atomic E-state index is -0.485. The molecule has 1 aliphatic carbocycles. The fraction of sp³-hybridized carbons (Fsp3) is 0.533. The first kappa shape index (κ1) is 13.9. The van der Waals surface area contributed by atoms with E-state index in [1.165, 1.54) is 0 Å². The van der Waals surface area contributed by atoms with Gasteiger partial charge in [0.05, 0.1) is 12.0 Å². The fourth-order valence-corrected chi connectivity index (χ4v) is 2.54. The maximum atomic E-state index is 12.1. The van der Waals surface area contributed by atoms with Crippen molar-refractivity contribution in [1.29, 1.82) is 0 Å². The lowest BCUT2D eigenvalue weighted by Crippen LogP contribution is -2.28. The van der Waals surface area contributed by atoms with Gasteiger partial charge in [-0.05, 0) is 49.9 Å². The number of carbonyl (C=O) groups excluding carboxylic acids is 1. The van der Waals surface area contributed by atoms with Crippen molar-refractivity contribution in [3.8, 4) is 0 Å². The minimum absolute atomic E-state index is 0.0642. The Kier molecular flexibility index (Phi) is 4.10. The molecule has 2 N–H and O–H groups in total. The summed E-state index contributed by atoms with van der Waals surface area (Å²) in [7, 11) is 3.98. The largest absolute Gasteiger partial charge is 0.392 e. The van der Waals surface area contributed by atoms with E-state index < -0.39 is 6.10 Å². The van der Waals surface area contributed by atoms with Crippen molar-refractivity contribution in [2.45, 2.75) is 32.3 Å². The number of aliphatic hydroxyl groups is 1. The molecule has 1 fully saturated rings. The van der Waals surface area contributed by atoms with Gasteiger partial charge in [-0.1, -0.05) is 0 Å². The SMILES string of the molecule is Cc1cc(N(C)C)ccc1NC(=O)C1CCCC1O. The van der Waals surface area contributed by atoms with Crippen LogP contribution in [0.3, 0.4) is 0 Å². The van der Waals surface area contributed by atoms with Crippen LogP contribution < -0.4 is 10.2 Å². The molecule has 0 bridgehead atoms. The Labute approximate surface area is 114 Å². The van der Waals surface area contributed by atoms with Gasteiger partial charge in [-0.15, -0.1) is 0 Å². The van der Waals surface area contributed by atoms with Crippen molar-refractivity contribution in [3.05, 3.63) is 23.8 Å². The van der Waals surface area contributed by atoms with Crippen molar-refractivity contribution in [1.82, 2.24) is 0 Å². The van der Waals surface area contributed by atoms with Gasteiger partial charge >= 0.3 is 0 Å². The number of carbonyl (C=O) groups is 1. The monoisotopic (exact) mass is 262 g/mol. The van der Waals surface area contributed by atoms with Gasteiger partial charge in [0.2, 0.25) is 5.91 Å². The van der Waals surface area contributed by atoms with Gasteiger partial charge in [0, 0.05) is 25.5 Å². The van der Waals surface area contributed by atoms with Crippen LogP contribution in [0, 0.1) is 12.8 Å². The number of rotatable bonds is 3. The number of nitrogens with one attached hydrogen (secondary N) is 1. The van der Waals surface area contributed by atoms with Gasteiger partial charge in [-0.3, -0.25) is 4.79 Å². The molecule has 2 atom stereocenters. The molecule has 19 heavy (non-hydrogen) atoms. The highest BCUT2D eigenvalue weighted by Crippen LogP contribution is 2.28. The number of amides is 1. The van der Waals surface area contributed by atoms with Gasteiger partial charge in [0.1, 0.15) is 0 Å². The van der Waals surface area contributed by atoms with Crippen LogP contribution in [0.15, 0.2) is 18.2 Å². The second kappa shape index (κ2) is 5.61. The lowest BCUT2D eigenvalue weighted by atomic mass is 10.0. The van der Waals surface area contributed by atoms with Gasteiger partial charge < -0.3 is 15.3 Å². The van der Waals surface area contributed by atoms with E-state index >= 15 is 0 Å². The highest BCUT2D eigenvalue weighted by atomic mass is 16.3. The Morgan fingerprint density at radius 2 is 2.11 bits per heavy atom.